The van der Waals surface area contributed by atoms with Gasteiger partial charge in [-0.3, -0.25) is 4.79 Å². The summed E-state index contributed by atoms with van der Waals surface area (Å²) in [7, 11) is 0. The smallest absolute Gasteiger partial charge is 0.326 e. The molecule has 0 radical (unpaired) electrons. The molecule has 4 nitrogen and oxygen atoms in total. The van der Waals surface area contributed by atoms with E-state index in [0.717, 1.165) is 12.8 Å². The quantitative estimate of drug-likeness (QED) is 0.798. The second-order valence-electron chi connectivity index (χ2n) is 4.53. The van der Waals surface area contributed by atoms with Crippen LogP contribution in [0.2, 0.25) is 0 Å². The molecular formula is C14H17BrFNO3. The average Bonchev–Trinajstić information content (AvgIpc) is 2.38. The van der Waals surface area contributed by atoms with Crippen LogP contribution in [0.5, 0.6) is 0 Å². The van der Waals surface area contributed by atoms with E-state index in [-0.39, 0.29) is 6.42 Å². The highest BCUT2D eigenvalue weighted by molar-refractivity contribution is 9.10. The van der Waals surface area contributed by atoms with E-state index in [2.05, 4.69) is 21.2 Å². The molecule has 0 aromatic heterocycles. The maximum Gasteiger partial charge on any atom is 0.326 e. The molecule has 1 aromatic carbocycles. The molecule has 2 N–H and O–H groups in total. The molecule has 1 atom stereocenters. The standard InChI is InChI=1S/C14H17BrFNO3/c1-2-3-4-12(14(19)20)17-13(18)8-9-5-6-10(15)11(16)7-9/h5-7,12H,2-4,8H2,1H3,(H,17,18)(H,19,20)/t12-/m0/s1. The van der Waals surface area contributed by atoms with Gasteiger partial charge >= 0.3 is 5.97 Å². The summed E-state index contributed by atoms with van der Waals surface area (Å²) in [5, 5.41) is 11.5. The zero-order valence-electron chi connectivity index (χ0n) is 11.2. The maximum absolute atomic E-state index is 13.3. The summed E-state index contributed by atoms with van der Waals surface area (Å²) in [6.45, 7) is 1.95. The lowest BCUT2D eigenvalue weighted by molar-refractivity contribution is -0.142. The molecule has 1 aromatic rings. The lowest BCUT2D eigenvalue weighted by atomic mass is 10.1. The summed E-state index contributed by atoms with van der Waals surface area (Å²) >= 11 is 3.03. The van der Waals surface area contributed by atoms with Crippen LogP contribution in [0.3, 0.4) is 0 Å². The first-order valence-corrected chi connectivity index (χ1v) is 7.19. The number of hydrogen-bond donors (Lipinski definition) is 2. The number of nitrogens with one attached hydrogen (secondary N) is 1. The van der Waals surface area contributed by atoms with Crippen LogP contribution in [0.4, 0.5) is 4.39 Å². The van der Waals surface area contributed by atoms with E-state index in [1.54, 1.807) is 6.07 Å². The van der Waals surface area contributed by atoms with E-state index in [1.165, 1.54) is 12.1 Å². The highest BCUT2D eigenvalue weighted by Gasteiger charge is 2.19. The fraction of sp³-hybridized carbons (Fsp3) is 0.429. The van der Waals surface area contributed by atoms with Gasteiger partial charge in [0.2, 0.25) is 5.91 Å². The van der Waals surface area contributed by atoms with Gasteiger partial charge in [0.05, 0.1) is 10.9 Å². The largest absolute Gasteiger partial charge is 0.480 e. The molecule has 6 heteroatoms. The molecule has 0 saturated heterocycles. The zero-order valence-corrected chi connectivity index (χ0v) is 12.7. The van der Waals surface area contributed by atoms with E-state index in [0.29, 0.717) is 16.5 Å². The normalized spacial score (nSPS) is 11.9. The van der Waals surface area contributed by atoms with Crippen LogP contribution < -0.4 is 5.32 Å². The molecular weight excluding hydrogens is 329 g/mol. The Balaban J connectivity index is 2.60. The van der Waals surface area contributed by atoms with Crippen LogP contribution in [0.15, 0.2) is 22.7 Å². The predicted molar refractivity (Wildman–Crippen MR) is 76.9 cm³/mol. The molecule has 0 spiro atoms. The zero-order chi connectivity index (χ0) is 15.1. The van der Waals surface area contributed by atoms with Crippen molar-refractivity contribution in [1.82, 2.24) is 5.32 Å². The Hall–Kier alpha value is -1.43. The molecule has 0 aliphatic carbocycles. The van der Waals surface area contributed by atoms with Crippen molar-refractivity contribution in [3.63, 3.8) is 0 Å². The third kappa shape index (κ3) is 5.28. The Morgan fingerprint density at radius 3 is 2.70 bits per heavy atom. The fourth-order valence-electron chi connectivity index (χ4n) is 1.75. The molecule has 1 amide bonds. The lowest BCUT2D eigenvalue weighted by Crippen LogP contribution is -2.41. The molecule has 0 aliphatic rings. The van der Waals surface area contributed by atoms with E-state index in [1.807, 2.05) is 6.92 Å². The van der Waals surface area contributed by atoms with Gasteiger partial charge in [0.25, 0.3) is 0 Å². The number of hydrogen-bond acceptors (Lipinski definition) is 2. The van der Waals surface area contributed by atoms with Crippen LogP contribution in [0.25, 0.3) is 0 Å². The number of halogens is 2. The Labute approximate surface area is 125 Å². The van der Waals surface area contributed by atoms with Crippen LogP contribution in [0, 0.1) is 5.82 Å². The number of carboxylic acid groups (broad SMARTS) is 1. The average molecular weight is 346 g/mol. The Morgan fingerprint density at radius 1 is 1.45 bits per heavy atom. The van der Waals surface area contributed by atoms with Crippen LogP contribution in [0.1, 0.15) is 31.7 Å². The Morgan fingerprint density at radius 2 is 2.15 bits per heavy atom. The Bertz CT molecular complexity index is 493. The first-order valence-electron chi connectivity index (χ1n) is 6.40. The van der Waals surface area contributed by atoms with Gasteiger partial charge in [-0.15, -0.1) is 0 Å². The van der Waals surface area contributed by atoms with Crippen molar-refractivity contribution >= 4 is 27.8 Å². The second kappa shape index (κ2) is 7.99. The number of amides is 1. The minimum atomic E-state index is -1.05. The van der Waals surface area contributed by atoms with Crippen LogP contribution >= 0.6 is 15.9 Å². The summed E-state index contributed by atoms with van der Waals surface area (Å²) in [4.78, 5) is 22.8. The number of unbranched alkanes of at least 4 members (excludes halogenated alkanes) is 1. The van der Waals surface area contributed by atoms with Crippen molar-refractivity contribution in [2.24, 2.45) is 0 Å². The summed E-state index contributed by atoms with van der Waals surface area (Å²) in [6.07, 6.45) is 1.94. The molecule has 0 unspecified atom stereocenters. The summed E-state index contributed by atoms with van der Waals surface area (Å²) < 4.78 is 13.6. The highest BCUT2D eigenvalue weighted by atomic mass is 79.9. The van der Waals surface area contributed by atoms with Crippen LogP contribution in [-0.4, -0.2) is 23.0 Å². The SMILES string of the molecule is CCCC[C@H](NC(=O)Cc1ccc(Br)c(F)c1)C(=O)O. The molecule has 0 fully saturated rings. The lowest BCUT2D eigenvalue weighted by Gasteiger charge is -2.14. The molecule has 1 rings (SSSR count). The maximum atomic E-state index is 13.3. The minimum absolute atomic E-state index is 0.0416. The number of rotatable bonds is 7. The topological polar surface area (TPSA) is 66.4 Å². The fourth-order valence-corrected chi connectivity index (χ4v) is 1.99. The predicted octanol–water partition coefficient (Wildman–Crippen LogP) is 2.89. The van der Waals surface area contributed by atoms with Gasteiger partial charge in [0, 0.05) is 0 Å². The van der Waals surface area contributed by atoms with Gasteiger partial charge in [-0.05, 0) is 40.0 Å². The second-order valence-corrected chi connectivity index (χ2v) is 5.38. The monoisotopic (exact) mass is 345 g/mol. The number of benzene rings is 1. The third-order valence-corrected chi connectivity index (χ3v) is 3.47. The minimum Gasteiger partial charge on any atom is -0.480 e. The van der Waals surface area contributed by atoms with Gasteiger partial charge in [0.1, 0.15) is 11.9 Å². The van der Waals surface area contributed by atoms with Crippen molar-refractivity contribution in [3.8, 4) is 0 Å². The van der Waals surface area contributed by atoms with Gasteiger partial charge in [-0.2, -0.15) is 0 Å². The summed E-state index contributed by atoms with van der Waals surface area (Å²) in [5.74, 6) is -1.92. The van der Waals surface area contributed by atoms with E-state index >= 15 is 0 Å². The van der Waals surface area contributed by atoms with E-state index in [9.17, 15) is 14.0 Å². The molecule has 110 valence electrons. The number of carbonyl (C=O) groups excluding carboxylic acids is 1. The summed E-state index contributed by atoms with van der Waals surface area (Å²) in [5.41, 5.74) is 0.503. The first kappa shape index (κ1) is 16.6. The number of aliphatic carboxylic acids is 1. The van der Waals surface area contributed by atoms with Gasteiger partial charge in [-0.25, -0.2) is 9.18 Å². The van der Waals surface area contributed by atoms with Gasteiger partial charge in [-0.1, -0.05) is 25.8 Å². The van der Waals surface area contributed by atoms with Gasteiger partial charge < -0.3 is 10.4 Å². The van der Waals surface area contributed by atoms with Crippen molar-refractivity contribution in [1.29, 1.82) is 0 Å². The number of carboxylic acids is 1. The molecule has 20 heavy (non-hydrogen) atoms. The molecule has 0 aliphatic heterocycles. The first-order chi connectivity index (χ1) is 9.43. The molecule has 0 saturated carbocycles. The van der Waals surface area contributed by atoms with Crippen molar-refractivity contribution in [2.75, 3.05) is 0 Å². The Kier molecular flexibility index (Phi) is 6.64. The van der Waals surface area contributed by atoms with E-state index < -0.39 is 23.7 Å². The highest BCUT2D eigenvalue weighted by Crippen LogP contribution is 2.16. The molecule has 0 bridgehead atoms. The summed E-state index contributed by atoms with van der Waals surface area (Å²) in [6, 6.07) is 3.51. The van der Waals surface area contributed by atoms with Gasteiger partial charge in [0.15, 0.2) is 0 Å². The van der Waals surface area contributed by atoms with Crippen LogP contribution in [-0.2, 0) is 16.0 Å². The van der Waals surface area contributed by atoms with E-state index in [4.69, 9.17) is 5.11 Å². The van der Waals surface area contributed by atoms with Crippen molar-refractivity contribution in [2.45, 2.75) is 38.6 Å². The molecule has 0 heterocycles. The third-order valence-electron chi connectivity index (χ3n) is 2.83. The van der Waals surface area contributed by atoms with Crippen molar-refractivity contribution in [3.05, 3.63) is 34.1 Å². The number of carbonyl (C=O) groups is 2. The van der Waals surface area contributed by atoms with Crippen molar-refractivity contribution < 1.29 is 19.1 Å².